The zero-order valence-electron chi connectivity index (χ0n) is 14.9. The number of carbonyl (C=O) groups excluding carboxylic acids is 1. The molecule has 0 aromatic heterocycles. The van der Waals surface area contributed by atoms with Crippen molar-refractivity contribution in [3.63, 3.8) is 0 Å². The average molecular weight is 490 g/mol. The quantitative estimate of drug-likeness (QED) is 0.635. The summed E-state index contributed by atoms with van der Waals surface area (Å²) in [5, 5.41) is 1.35. The lowest BCUT2D eigenvalue weighted by atomic mass is 10.1. The van der Waals surface area contributed by atoms with E-state index in [2.05, 4.69) is 4.99 Å². The Morgan fingerprint density at radius 2 is 1.79 bits per heavy atom. The Bertz CT molecular complexity index is 1120. The predicted octanol–water partition coefficient (Wildman–Crippen LogP) is 4.49. The number of halogens is 3. The molecule has 2 saturated heterocycles. The maximum Gasteiger partial charge on any atom is 0.252 e. The van der Waals surface area contributed by atoms with Crippen molar-refractivity contribution in [1.29, 1.82) is 0 Å². The van der Waals surface area contributed by atoms with Gasteiger partial charge in [0.05, 0.1) is 39.7 Å². The van der Waals surface area contributed by atoms with E-state index in [1.54, 1.807) is 47.4 Å². The molecule has 152 valence electrons. The zero-order chi connectivity index (χ0) is 20.8. The number of sulfone groups is 1. The molecule has 29 heavy (non-hydrogen) atoms. The molecule has 2 heterocycles. The van der Waals surface area contributed by atoms with Crippen LogP contribution < -0.4 is 4.90 Å². The van der Waals surface area contributed by atoms with E-state index in [1.165, 1.54) is 11.8 Å². The maximum atomic E-state index is 12.6. The van der Waals surface area contributed by atoms with Crippen molar-refractivity contribution in [1.82, 2.24) is 0 Å². The van der Waals surface area contributed by atoms with Crippen molar-refractivity contribution in [2.75, 3.05) is 16.4 Å². The molecule has 2 aromatic carbocycles. The van der Waals surface area contributed by atoms with E-state index in [4.69, 9.17) is 34.8 Å². The first kappa shape index (κ1) is 21.0. The molecule has 0 N–H and O–H groups in total. The Morgan fingerprint density at radius 3 is 2.55 bits per heavy atom. The number of hydrogen-bond acceptors (Lipinski definition) is 4. The fourth-order valence-electron chi connectivity index (χ4n) is 3.48. The molecule has 0 radical (unpaired) electrons. The van der Waals surface area contributed by atoms with Gasteiger partial charge in [-0.05, 0) is 23.8 Å². The van der Waals surface area contributed by atoms with Gasteiger partial charge in [0, 0.05) is 10.3 Å². The number of aliphatic imine (C=N–C) groups is 1. The number of anilines is 1. The first-order chi connectivity index (χ1) is 13.7. The third kappa shape index (κ3) is 4.30. The molecule has 2 atom stereocenters. The van der Waals surface area contributed by atoms with Crippen LogP contribution in [-0.4, -0.2) is 42.3 Å². The maximum absolute atomic E-state index is 12.6. The standard InChI is InChI=1S/C19H15Cl3N2O3S2/c20-12-5-2-1-4-11(12)8-17(25)23-19-24(14-7-3-6-13(21)18(14)22)15-9-29(26,27)10-16(15)28-19/h1-7,15-16H,8-10H2/t15-,16+/m1/s1. The summed E-state index contributed by atoms with van der Waals surface area (Å²) in [6.07, 6.45) is 0.0501. The first-order valence-electron chi connectivity index (χ1n) is 8.70. The molecular formula is C19H15Cl3N2O3S2. The van der Waals surface area contributed by atoms with Crippen molar-refractivity contribution in [3.05, 3.63) is 63.1 Å². The van der Waals surface area contributed by atoms with Crippen LogP contribution in [0.2, 0.25) is 15.1 Å². The minimum atomic E-state index is -3.17. The second-order valence-corrected chi connectivity index (χ2v) is 11.4. The Hall–Kier alpha value is -1.25. The second-order valence-electron chi connectivity index (χ2n) is 6.80. The van der Waals surface area contributed by atoms with Gasteiger partial charge in [-0.25, -0.2) is 8.42 Å². The Morgan fingerprint density at radius 1 is 1.07 bits per heavy atom. The van der Waals surface area contributed by atoms with Crippen LogP contribution >= 0.6 is 46.6 Å². The highest BCUT2D eigenvalue weighted by Gasteiger charge is 2.49. The highest BCUT2D eigenvalue weighted by Crippen LogP contribution is 2.44. The summed E-state index contributed by atoms with van der Waals surface area (Å²) in [5.74, 6) is -0.355. The number of thioether (sulfide) groups is 1. The second kappa shape index (κ2) is 8.12. The van der Waals surface area contributed by atoms with Gasteiger partial charge >= 0.3 is 0 Å². The SMILES string of the molecule is O=C(Cc1ccccc1Cl)N=C1S[C@H]2CS(=O)(=O)C[C@H]2N1c1cccc(Cl)c1Cl. The van der Waals surface area contributed by atoms with Crippen molar-refractivity contribution < 1.29 is 13.2 Å². The Labute approximate surface area is 188 Å². The summed E-state index contributed by atoms with van der Waals surface area (Å²) in [4.78, 5) is 18.7. The third-order valence-electron chi connectivity index (χ3n) is 4.78. The average Bonchev–Trinajstić information content (AvgIpc) is 3.10. The van der Waals surface area contributed by atoms with Crippen LogP contribution in [0.3, 0.4) is 0 Å². The van der Waals surface area contributed by atoms with E-state index in [9.17, 15) is 13.2 Å². The van der Waals surface area contributed by atoms with Gasteiger partial charge in [-0.15, -0.1) is 0 Å². The molecule has 5 nitrogen and oxygen atoms in total. The van der Waals surface area contributed by atoms with E-state index in [0.717, 1.165) is 0 Å². The lowest BCUT2D eigenvalue weighted by Gasteiger charge is -2.25. The molecule has 2 fully saturated rings. The van der Waals surface area contributed by atoms with Crippen LogP contribution in [-0.2, 0) is 21.1 Å². The molecular weight excluding hydrogens is 475 g/mol. The Kier molecular flexibility index (Phi) is 5.88. The van der Waals surface area contributed by atoms with Crippen LogP contribution in [0.15, 0.2) is 47.5 Å². The van der Waals surface area contributed by atoms with E-state index < -0.39 is 9.84 Å². The summed E-state index contributed by atoms with van der Waals surface area (Å²) in [7, 11) is -3.17. The molecule has 2 aliphatic rings. The normalized spacial score (nSPS) is 24.1. The zero-order valence-corrected chi connectivity index (χ0v) is 18.8. The number of benzene rings is 2. The van der Waals surface area contributed by atoms with Gasteiger partial charge in [-0.1, -0.05) is 70.8 Å². The molecule has 10 heteroatoms. The fraction of sp³-hybridized carbons (Fsp3) is 0.263. The molecule has 0 unspecified atom stereocenters. The predicted molar refractivity (Wildman–Crippen MR) is 120 cm³/mol. The van der Waals surface area contributed by atoms with Crippen molar-refractivity contribution in [3.8, 4) is 0 Å². The molecule has 0 aliphatic carbocycles. The summed E-state index contributed by atoms with van der Waals surface area (Å²) in [6, 6.07) is 11.9. The van der Waals surface area contributed by atoms with Crippen LogP contribution in [0.5, 0.6) is 0 Å². The number of amidine groups is 1. The number of carbonyl (C=O) groups is 1. The van der Waals surface area contributed by atoms with Gasteiger partial charge < -0.3 is 4.90 Å². The third-order valence-corrected chi connectivity index (χ3v) is 9.16. The highest BCUT2D eigenvalue weighted by molar-refractivity contribution is 8.16. The Balaban J connectivity index is 1.70. The van der Waals surface area contributed by atoms with Crippen LogP contribution in [0.1, 0.15) is 5.56 Å². The number of amides is 1. The highest BCUT2D eigenvalue weighted by atomic mass is 35.5. The molecule has 2 aromatic rings. The molecule has 0 spiro atoms. The topological polar surface area (TPSA) is 66.8 Å². The molecule has 1 amide bonds. The number of hydrogen-bond donors (Lipinski definition) is 0. The van der Waals surface area contributed by atoms with Crippen molar-refractivity contribution in [2.45, 2.75) is 17.7 Å². The fourth-order valence-corrected chi connectivity index (χ4v) is 7.99. The van der Waals surface area contributed by atoms with Crippen molar-refractivity contribution >= 4 is 73.2 Å². The summed E-state index contributed by atoms with van der Waals surface area (Å²) in [5.41, 5.74) is 1.22. The van der Waals surface area contributed by atoms with Gasteiger partial charge in [-0.3, -0.25) is 4.79 Å². The van der Waals surface area contributed by atoms with Crippen molar-refractivity contribution in [2.24, 2.45) is 4.99 Å². The minimum absolute atomic E-state index is 0.0226. The van der Waals surface area contributed by atoms with E-state index in [-0.39, 0.29) is 35.1 Å². The lowest BCUT2D eigenvalue weighted by molar-refractivity contribution is -0.117. The lowest BCUT2D eigenvalue weighted by Crippen LogP contribution is -2.38. The van der Waals surface area contributed by atoms with E-state index in [1.807, 2.05) is 0 Å². The number of fused-ring (bicyclic) bond motifs is 1. The summed E-state index contributed by atoms with van der Waals surface area (Å²) in [6.45, 7) is 0. The summed E-state index contributed by atoms with van der Waals surface area (Å²) < 4.78 is 24.3. The van der Waals surface area contributed by atoms with E-state index in [0.29, 0.717) is 31.5 Å². The summed E-state index contributed by atoms with van der Waals surface area (Å²) >= 11 is 20.0. The molecule has 0 saturated carbocycles. The van der Waals surface area contributed by atoms with Gasteiger partial charge in [-0.2, -0.15) is 4.99 Å². The van der Waals surface area contributed by atoms with Crippen LogP contribution in [0.4, 0.5) is 5.69 Å². The van der Waals surface area contributed by atoms with Gasteiger partial charge in [0.1, 0.15) is 0 Å². The van der Waals surface area contributed by atoms with Gasteiger partial charge in [0.25, 0.3) is 5.91 Å². The van der Waals surface area contributed by atoms with Gasteiger partial charge in [0.15, 0.2) is 15.0 Å². The van der Waals surface area contributed by atoms with E-state index >= 15 is 0 Å². The van der Waals surface area contributed by atoms with Crippen LogP contribution in [0, 0.1) is 0 Å². The minimum Gasteiger partial charge on any atom is -0.314 e. The monoisotopic (exact) mass is 488 g/mol. The first-order valence-corrected chi connectivity index (χ1v) is 12.5. The molecule has 2 aliphatic heterocycles. The number of nitrogens with zero attached hydrogens (tertiary/aromatic N) is 2. The molecule has 4 rings (SSSR count). The van der Waals surface area contributed by atoms with Crippen LogP contribution in [0.25, 0.3) is 0 Å². The van der Waals surface area contributed by atoms with Gasteiger partial charge in [0.2, 0.25) is 0 Å². The smallest absolute Gasteiger partial charge is 0.252 e. The molecule has 0 bridgehead atoms. The number of rotatable bonds is 3. The largest absolute Gasteiger partial charge is 0.314 e.